The summed E-state index contributed by atoms with van der Waals surface area (Å²) in [6.45, 7) is 22.4. The van der Waals surface area contributed by atoms with Gasteiger partial charge in [0.25, 0.3) is 0 Å². The first-order valence-corrected chi connectivity index (χ1v) is 14.7. The van der Waals surface area contributed by atoms with Gasteiger partial charge in [-0.25, -0.2) is 4.98 Å². The molecule has 0 N–H and O–H groups in total. The molecule has 4 nitrogen and oxygen atoms in total. The van der Waals surface area contributed by atoms with Crippen molar-refractivity contribution >= 4 is 29.2 Å². The topological polar surface area (TPSA) is 56.3 Å². The Balaban J connectivity index is 3.14. The number of carbonyl (C=O) groups is 2. The summed E-state index contributed by atoms with van der Waals surface area (Å²) >= 11 is 1.45. The summed E-state index contributed by atoms with van der Waals surface area (Å²) in [6, 6.07) is 0. The van der Waals surface area contributed by atoms with E-state index in [0.717, 1.165) is 17.5 Å². The lowest BCUT2D eigenvalue weighted by Crippen LogP contribution is -2.40. The van der Waals surface area contributed by atoms with Crippen molar-refractivity contribution in [3.63, 3.8) is 0 Å². The van der Waals surface area contributed by atoms with Crippen LogP contribution >= 0.6 is 11.3 Å². The Bertz CT molecular complexity index is 1080. The predicted molar refractivity (Wildman–Crippen MR) is 159 cm³/mol. The number of aromatic nitrogens is 1. The zero-order valence-electron chi connectivity index (χ0n) is 25.2. The lowest BCUT2D eigenvalue weighted by Gasteiger charge is -2.35. The number of ether oxygens (including phenoxy) is 1. The van der Waals surface area contributed by atoms with E-state index in [2.05, 4.69) is 32.0 Å². The van der Waals surface area contributed by atoms with Crippen LogP contribution in [0.4, 0.5) is 13.2 Å². The second kappa shape index (κ2) is 15.5. The fourth-order valence-electron chi connectivity index (χ4n) is 4.57. The molecule has 0 spiro atoms. The van der Waals surface area contributed by atoms with Gasteiger partial charge in [0.05, 0.1) is 10.7 Å². The number of esters is 1. The Morgan fingerprint density at radius 2 is 1.73 bits per heavy atom. The van der Waals surface area contributed by atoms with Gasteiger partial charge < -0.3 is 4.74 Å². The number of nitrogens with zero attached hydrogens (tertiary/aromatic N) is 1. The molecule has 0 aliphatic heterocycles. The normalized spacial score (nSPS) is 17.0. The van der Waals surface area contributed by atoms with E-state index in [1.807, 2.05) is 46.1 Å². The van der Waals surface area contributed by atoms with E-state index in [-0.39, 0.29) is 42.8 Å². The molecule has 0 bridgehead atoms. The molecule has 0 fully saturated rings. The van der Waals surface area contributed by atoms with Crippen LogP contribution in [0.1, 0.15) is 84.9 Å². The number of allylic oxidation sites excluding steroid dienone is 3. The van der Waals surface area contributed by atoms with Crippen molar-refractivity contribution in [1.82, 2.24) is 4.98 Å². The summed E-state index contributed by atoms with van der Waals surface area (Å²) < 4.78 is 46.2. The molecule has 1 aromatic rings. The molecule has 1 rings (SSSR count). The third-order valence-electron chi connectivity index (χ3n) is 8.08. The average Bonchev–Trinajstić information content (AvgIpc) is 3.27. The number of aryl methyl sites for hydroxylation is 1. The minimum absolute atomic E-state index is 0.0376. The lowest BCUT2D eigenvalue weighted by atomic mass is 9.67. The first kappa shape index (κ1) is 35.5. The molecule has 0 unspecified atom stereocenters. The summed E-state index contributed by atoms with van der Waals surface area (Å²) in [4.78, 5) is 31.0. The molecule has 0 aromatic carbocycles. The summed E-state index contributed by atoms with van der Waals surface area (Å²) in [5.41, 5.74) is -0.306. The number of hydrogen-bond acceptors (Lipinski definition) is 5. The highest BCUT2D eigenvalue weighted by atomic mass is 32.1. The molecule has 1 aromatic heterocycles. The molecular weight excluding hydrogens is 535 g/mol. The number of ketones is 1. The van der Waals surface area contributed by atoms with Crippen molar-refractivity contribution in [3.05, 3.63) is 58.6 Å². The second-order valence-electron chi connectivity index (χ2n) is 11.5. The van der Waals surface area contributed by atoms with Crippen molar-refractivity contribution in [2.24, 2.45) is 29.1 Å². The Kier molecular flexibility index (Phi) is 13.8. The van der Waals surface area contributed by atoms with Crippen LogP contribution in [0.5, 0.6) is 0 Å². The molecule has 40 heavy (non-hydrogen) atoms. The molecule has 0 saturated heterocycles. The maximum absolute atomic E-state index is 13.5. The van der Waals surface area contributed by atoms with Crippen LogP contribution in [-0.4, -0.2) is 29.0 Å². The predicted octanol–water partition coefficient (Wildman–Crippen LogP) is 9.33. The third-order valence-corrected chi connectivity index (χ3v) is 8.87. The molecule has 8 heteroatoms. The zero-order valence-corrected chi connectivity index (χ0v) is 26.0. The van der Waals surface area contributed by atoms with E-state index in [1.165, 1.54) is 17.4 Å². The number of alkyl halides is 3. The maximum atomic E-state index is 13.5. The average molecular weight is 582 g/mol. The van der Waals surface area contributed by atoms with E-state index in [0.29, 0.717) is 17.2 Å². The molecule has 0 aliphatic rings. The minimum Gasteiger partial charge on any atom is -0.457 e. The zero-order chi connectivity index (χ0) is 30.8. The summed E-state index contributed by atoms with van der Waals surface area (Å²) in [7, 11) is 0. The van der Waals surface area contributed by atoms with E-state index < -0.39 is 29.2 Å². The van der Waals surface area contributed by atoms with E-state index in [4.69, 9.17) is 4.74 Å². The van der Waals surface area contributed by atoms with Gasteiger partial charge in [0.2, 0.25) is 0 Å². The van der Waals surface area contributed by atoms with Gasteiger partial charge in [0.15, 0.2) is 0 Å². The highest BCUT2D eigenvalue weighted by Gasteiger charge is 2.40. The van der Waals surface area contributed by atoms with Gasteiger partial charge in [0, 0.05) is 35.1 Å². The van der Waals surface area contributed by atoms with Crippen LogP contribution in [0.3, 0.4) is 0 Å². The summed E-state index contributed by atoms with van der Waals surface area (Å²) in [6.07, 6.45) is 0.700. The standard InChI is InChI=1S/C32H46F3NO3S/c1-11-13-20(3)23(6)24(7)30(38)31(9,10)22(5)18-29(37)39-28(16-15-26(14-12-2)32(33,34)35)21(4)17-27-19-40-25(8)36-27/h11-12,15,17,19-20,22-24,28H,1-2,13-14,16,18H2,3-10H3/b21-17+,26-15+/t20-,22-,23-,24+,28-/m0/s1. The van der Waals surface area contributed by atoms with Gasteiger partial charge in [-0.1, -0.05) is 59.8 Å². The second-order valence-corrected chi connectivity index (χ2v) is 12.5. The van der Waals surface area contributed by atoms with E-state index in [9.17, 15) is 22.8 Å². The van der Waals surface area contributed by atoms with Crippen LogP contribution in [0.25, 0.3) is 6.08 Å². The molecule has 0 radical (unpaired) electrons. The molecule has 0 aliphatic carbocycles. The Morgan fingerprint density at radius 3 is 2.23 bits per heavy atom. The van der Waals surface area contributed by atoms with E-state index >= 15 is 0 Å². The number of thiazole rings is 1. The Labute approximate surface area is 242 Å². The lowest BCUT2D eigenvalue weighted by molar-refractivity contribution is -0.150. The summed E-state index contributed by atoms with van der Waals surface area (Å²) in [5.74, 6) is -0.610. The van der Waals surface area contributed by atoms with Crippen LogP contribution in [0, 0.1) is 36.0 Å². The van der Waals surface area contributed by atoms with Crippen LogP contribution in [0.15, 0.2) is 47.9 Å². The van der Waals surface area contributed by atoms with Gasteiger partial charge in [-0.3, -0.25) is 9.59 Å². The minimum atomic E-state index is -4.51. The van der Waals surface area contributed by atoms with Crippen molar-refractivity contribution in [2.75, 3.05) is 0 Å². The SMILES string of the molecule is C=CC/C(=C\C[C@H](OC(=O)C[C@H](C)C(C)(C)C(=O)[C@H](C)[C@@H](C)[C@@H](C)CC=C)/C(C)=C/c1csc(C)n1)C(F)(F)F. The largest absolute Gasteiger partial charge is 0.457 e. The van der Waals surface area contributed by atoms with E-state index in [1.54, 1.807) is 13.0 Å². The van der Waals surface area contributed by atoms with Crippen LogP contribution in [-0.2, 0) is 14.3 Å². The number of hydrogen-bond donors (Lipinski definition) is 0. The fourth-order valence-corrected chi connectivity index (χ4v) is 5.14. The number of rotatable bonds is 16. The van der Waals surface area contributed by atoms with Crippen molar-refractivity contribution in [1.29, 1.82) is 0 Å². The number of Topliss-reactive ketones (excluding diaryl/α,β-unsaturated/α-hetero) is 1. The van der Waals surface area contributed by atoms with Gasteiger partial charge in [-0.15, -0.1) is 24.5 Å². The number of halogens is 3. The molecule has 0 amide bonds. The molecule has 0 saturated carbocycles. The van der Waals surface area contributed by atoms with Crippen molar-refractivity contribution in [3.8, 4) is 0 Å². The van der Waals surface area contributed by atoms with Gasteiger partial charge >= 0.3 is 12.1 Å². The molecule has 5 atom stereocenters. The van der Waals surface area contributed by atoms with Crippen molar-refractivity contribution < 1.29 is 27.5 Å². The number of carbonyl (C=O) groups excluding carboxylic acids is 2. The smallest absolute Gasteiger partial charge is 0.412 e. The Hall–Kier alpha value is -2.48. The van der Waals surface area contributed by atoms with Crippen LogP contribution in [0.2, 0.25) is 0 Å². The fraction of sp³-hybridized carbons (Fsp3) is 0.594. The third kappa shape index (κ3) is 10.5. The monoisotopic (exact) mass is 581 g/mol. The summed E-state index contributed by atoms with van der Waals surface area (Å²) in [5, 5.41) is 2.68. The first-order chi connectivity index (χ1) is 18.4. The van der Waals surface area contributed by atoms with Crippen molar-refractivity contribution in [2.45, 2.75) is 93.4 Å². The quantitative estimate of drug-likeness (QED) is 0.144. The highest BCUT2D eigenvalue weighted by molar-refractivity contribution is 7.09. The molecule has 1 heterocycles. The van der Waals surface area contributed by atoms with Gasteiger partial charge in [0.1, 0.15) is 11.9 Å². The van der Waals surface area contributed by atoms with Gasteiger partial charge in [-0.05, 0) is 56.1 Å². The Morgan fingerprint density at radius 1 is 1.10 bits per heavy atom. The first-order valence-electron chi connectivity index (χ1n) is 13.8. The molecule has 224 valence electrons. The molecular formula is C32H46F3NO3S. The maximum Gasteiger partial charge on any atom is 0.412 e. The highest BCUT2D eigenvalue weighted by Crippen LogP contribution is 2.37. The van der Waals surface area contributed by atoms with Crippen LogP contribution < -0.4 is 0 Å². The van der Waals surface area contributed by atoms with Gasteiger partial charge in [-0.2, -0.15) is 13.2 Å².